The zero-order valence-corrected chi connectivity index (χ0v) is 15.4. The molecule has 1 amide bonds. The van der Waals surface area contributed by atoms with Crippen LogP contribution in [0.15, 0.2) is 48.5 Å². The molecule has 0 aromatic heterocycles. The van der Waals surface area contributed by atoms with Gasteiger partial charge in [-0.05, 0) is 43.8 Å². The van der Waals surface area contributed by atoms with E-state index in [0.29, 0.717) is 16.6 Å². The molecule has 0 radical (unpaired) electrons. The van der Waals surface area contributed by atoms with E-state index in [4.69, 9.17) is 23.2 Å². The fraction of sp³-hybridized carbons (Fsp3) is 0.316. The third kappa shape index (κ3) is 5.82. The average Bonchev–Trinajstić information content (AvgIpc) is 2.55. The number of nitrogens with zero attached hydrogens (tertiary/aromatic N) is 1. The summed E-state index contributed by atoms with van der Waals surface area (Å²) in [4.78, 5) is 14.3. The zero-order chi connectivity index (χ0) is 17.5. The number of rotatable bonds is 7. The van der Waals surface area contributed by atoms with Gasteiger partial charge in [0.2, 0.25) is 5.91 Å². The van der Waals surface area contributed by atoms with Gasteiger partial charge in [-0.1, -0.05) is 59.6 Å². The molecular weight excluding hydrogens is 343 g/mol. The molecule has 1 N–H and O–H groups in total. The Morgan fingerprint density at radius 1 is 1.12 bits per heavy atom. The number of carbonyl (C=O) groups is 1. The summed E-state index contributed by atoms with van der Waals surface area (Å²) < 4.78 is 0. The second kappa shape index (κ2) is 9.07. The summed E-state index contributed by atoms with van der Waals surface area (Å²) in [5.74, 6) is -0.0425. The first-order chi connectivity index (χ1) is 11.5. The molecular formula is C19H22Cl2N2O. The second-order valence-corrected chi connectivity index (χ2v) is 6.87. The maximum Gasteiger partial charge on any atom is 0.224 e. The SMILES string of the molecule is CN(C)C(CNC(=O)Cc1ccc(Cl)cc1Cl)Cc1ccccc1. The van der Waals surface area contributed by atoms with Crippen LogP contribution in [0, 0.1) is 0 Å². The van der Waals surface area contributed by atoms with Gasteiger partial charge in [0.15, 0.2) is 0 Å². The lowest BCUT2D eigenvalue weighted by molar-refractivity contribution is -0.120. The van der Waals surface area contributed by atoms with E-state index in [1.54, 1.807) is 18.2 Å². The molecule has 2 aromatic rings. The van der Waals surface area contributed by atoms with Gasteiger partial charge in [0.25, 0.3) is 0 Å². The third-order valence-electron chi connectivity index (χ3n) is 3.95. The van der Waals surface area contributed by atoms with E-state index in [-0.39, 0.29) is 18.4 Å². The van der Waals surface area contributed by atoms with E-state index in [1.165, 1.54) is 5.56 Å². The Kier molecular flexibility index (Phi) is 7.10. The molecule has 0 fully saturated rings. The van der Waals surface area contributed by atoms with E-state index >= 15 is 0 Å². The number of benzene rings is 2. The van der Waals surface area contributed by atoms with Crippen LogP contribution in [0.1, 0.15) is 11.1 Å². The highest BCUT2D eigenvalue weighted by Gasteiger charge is 2.14. The van der Waals surface area contributed by atoms with Crippen molar-refractivity contribution in [1.82, 2.24) is 10.2 Å². The van der Waals surface area contributed by atoms with Crippen LogP contribution < -0.4 is 5.32 Å². The van der Waals surface area contributed by atoms with Gasteiger partial charge in [-0.2, -0.15) is 0 Å². The lowest BCUT2D eigenvalue weighted by atomic mass is 10.0. The number of hydrogen-bond donors (Lipinski definition) is 1. The summed E-state index contributed by atoms with van der Waals surface area (Å²) in [6.07, 6.45) is 1.14. The van der Waals surface area contributed by atoms with E-state index in [1.807, 2.05) is 32.3 Å². The molecule has 1 unspecified atom stereocenters. The Morgan fingerprint density at radius 2 is 1.83 bits per heavy atom. The number of amides is 1. The number of halogens is 2. The van der Waals surface area contributed by atoms with Crippen molar-refractivity contribution < 1.29 is 4.79 Å². The average molecular weight is 365 g/mol. The molecule has 0 aliphatic rings. The minimum Gasteiger partial charge on any atom is -0.354 e. The van der Waals surface area contributed by atoms with Crippen molar-refractivity contribution in [2.24, 2.45) is 0 Å². The molecule has 3 nitrogen and oxygen atoms in total. The lowest BCUT2D eigenvalue weighted by Gasteiger charge is -2.25. The number of hydrogen-bond acceptors (Lipinski definition) is 2. The monoisotopic (exact) mass is 364 g/mol. The first-order valence-electron chi connectivity index (χ1n) is 7.86. The molecule has 0 heterocycles. The predicted octanol–water partition coefficient (Wildman–Crippen LogP) is 3.83. The second-order valence-electron chi connectivity index (χ2n) is 6.02. The third-order valence-corrected chi connectivity index (χ3v) is 4.53. The highest BCUT2D eigenvalue weighted by Crippen LogP contribution is 2.21. The van der Waals surface area contributed by atoms with E-state index in [2.05, 4.69) is 22.3 Å². The summed E-state index contributed by atoms with van der Waals surface area (Å²) in [6, 6.07) is 15.7. The Bertz CT molecular complexity index is 674. The minimum atomic E-state index is -0.0425. The lowest BCUT2D eigenvalue weighted by Crippen LogP contribution is -2.42. The van der Waals surface area contributed by atoms with Crippen molar-refractivity contribution >= 4 is 29.1 Å². The van der Waals surface area contributed by atoms with Crippen molar-refractivity contribution in [2.75, 3.05) is 20.6 Å². The fourth-order valence-electron chi connectivity index (χ4n) is 2.46. The highest BCUT2D eigenvalue weighted by molar-refractivity contribution is 6.35. The maximum atomic E-state index is 12.2. The molecule has 5 heteroatoms. The summed E-state index contributed by atoms with van der Waals surface area (Å²) in [5.41, 5.74) is 2.04. The molecule has 2 aromatic carbocycles. The minimum absolute atomic E-state index is 0.0425. The molecule has 24 heavy (non-hydrogen) atoms. The summed E-state index contributed by atoms with van der Waals surface area (Å²) in [6.45, 7) is 0.589. The smallest absolute Gasteiger partial charge is 0.224 e. The van der Waals surface area contributed by atoms with Crippen molar-refractivity contribution in [2.45, 2.75) is 18.9 Å². The molecule has 0 saturated heterocycles. The van der Waals surface area contributed by atoms with Crippen LogP contribution in [0.25, 0.3) is 0 Å². The Labute approximate surface area is 153 Å². The van der Waals surface area contributed by atoms with Gasteiger partial charge in [0.1, 0.15) is 0 Å². The highest BCUT2D eigenvalue weighted by atomic mass is 35.5. The predicted molar refractivity (Wildman–Crippen MR) is 101 cm³/mol. The van der Waals surface area contributed by atoms with E-state index in [9.17, 15) is 4.79 Å². The zero-order valence-electron chi connectivity index (χ0n) is 13.9. The van der Waals surface area contributed by atoms with Crippen molar-refractivity contribution in [3.05, 3.63) is 69.7 Å². The summed E-state index contributed by atoms with van der Waals surface area (Å²) in [5, 5.41) is 4.09. The van der Waals surface area contributed by atoms with Gasteiger partial charge in [-0.15, -0.1) is 0 Å². The van der Waals surface area contributed by atoms with Crippen molar-refractivity contribution in [3.8, 4) is 0 Å². The molecule has 0 spiro atoms. The first-order valence-corrected chi connectivity index (χ1v) is 8.62. The molecule has 128 valence electrons. The van der Waals surface area contributed by atoms with Crippen LogP contribution in [0.5, 0.6) is 0 Å². The molecule has 0 aliphatic carbocycles. The van der Waals surface area contributed by atoms with Crippen LogP contribution in [-0.2, 0) is 17.6 Å². The van der Waals surface area contributed by atoms with Crippen molar-refractivity contribution in [1.29, 1.82) is 0 Å². The summed E-state index contributed by atoms with van der Waals surface area (Å²) >= 11 is 12.0. The molecule has 0 aliphatic heterocycles. The van der Waals surface area contributed by atoms with Crippen molar-refractivity contribution in [3.63, 3.8) is 0 Å². The number of likely N-dealkylation sites (N-methyl/N-ethyl adjacent to an activating group) is 1. The molecule has 0 saturated carbocycles. The van der Waals surface area contributed by atoms with Gasteiger partial charge >= 0.3 is 0 Å². The van der Waals surface area contributed by atoms with Gasteiger partial charge in [0.05, 0.1) is 6.42 Å². The largest absolute Gasteiger partial charge is 0.354 e. The maximum absolute atomic E-state index is 12.2. The van der Waals surface area contributed by atoms with Gasteiger partial charge in [-0.25, -0.2) is 0 Å². The molecule has 0 bridgehead atoms. The van der Waals surface area contributed by atoms with Crippen LogP contribution >= 0.6 is 23.2 Å². The summed E-state index contributed by atoms with van der Waals surface area (Å²) in [7, 11) is 4.05. The topological polar surface area (TPSA) is 32.3 Å². The fourth-order valence-corrected chi connectivity index (χ4v) is 2.93. The number of carbonyl (C=O) groups excluding carboxylic acids is 1. The normalized spacial score (nSPS) is 12.2. The Morgan fingerprint density at radius 3 is 2.46 bits per heavy atom. The van der Waals surface area contributed by atoms with Crippen LogP contribution in [0.3, 0.4) is 0 Å². The molecule has 1 atom stereocenters. The van der Waals surface area contributed by atoms with Crippen LogP contribution in [-0.4, -0.2) is 37.5 Å². The van der Waals surface area contributed by atoms with Gasteiger partial charge in [0, 0.05) is 22.6 Å². The van der Waals surface area contributed by atoms with Crippen LogP contribution in [0.4, 0.5) is 0 Å². The quantitative estimate of drug-likeness (QED) is 0.809. The Balaban J connectivity index is 1.90. The number of nitrogens with one attached hydrogen (secondary N) is 1. The standard InChI is InChI=1S/C19H22Cl2N2O/c1-23(2)17(10-14-6-4-3-5-7-14)13-22-19(24)11-15-8-9-16(20)12-18(15)21/h3-9,12,17H,10-11,13H2,1-2H3,(H,22,24). The Hall–Kier alpha value is -1.55. The molecule has 2 rings (SSSR count). The van der Waals surface area contributed by atoms with Crippen LogP contribution in [0.2, 0.25) is 10.0 Å². The first kappa shape index (κ1) is 18.8. The van der Waals surface area contributed by atoms with E-state index in [0.717, 1.165) is 12.0 Å². The van der Waals surface area contributed by atoms with Gasteiger partial charge in [-0.3, -0.25) is 4.79 Å². The van der Waals surface area contributed by atoms with Gasteiger partial charge < -0.3 is 10.2 Å². The van der Waals surface area contributed by atoms with E-state index < -0.39 is 0 Å².